The van der Waals surface area contributed by atoms with E-state index in [2.05, 4.69) is 59.3 Å². The summed E-state index contributed by atoms with van der Waals surface area (Å²) >= 11 is 1.77. The number of rotatable bonds is 0. The maximum atomic E-state index is 2.29. The smallest absolute Gasteiger partial charge is 0.00143 e. The van der Waals surface area contributed by atoms with E-state index >= 15 is 0 Å². The molecule has 0 radical (unpaired) electrons. The highest BCUT2D eigenvalue weighted by molar-refractivity contribution is 7.09. The Morgan fingerprint density at radius 3 is 1.53 bits per heavy atom. The molecule has 0 N–H and O–H groups in total. The molecule has 3 aromatic carbocycles. The van der Waals surface area contributed by atoms with Crippen molar-refractivity contribution in [3.63, 3.8) is 0 Å². The van der Waals surface area contributed by atoms with Gasteiger partial charge in [0.15, 0.2) is 0 Å². The molecule has 1 aromatic heterocycles. The Morgan fingerprint density at radius 1 is 0.529 bits per heavy atom. The molecule has 0 fully saturated rings. The number of hydrogen-bond donors (Lipinski definition) is 0. The maximum absolute atomic E-state index is 2.29. The van der Waals surface area contributed by atoms with Gasteiger partial charge >= 0.3 is 0 Å². The molecule has 0 aliphatic heterocycles. The molecule has 4 aromatic rings. The fourth-order valence-corrected chi connectivity index (χ4v) is 3.18. The second-order valence-electron chi connectivity index (χ2n) is 4.40. The van der Waals surface area contributed by atoms with Crippen LogP contribution in [0.1, 0.15) is 0 Å². The van der Waals surface area contributed by atoms with Gasteiger partial charge in [-0.25, -0.2) is 0 Å². The molecule has 1 heterocycles. The molecule has 0 unspecified atom stereocenters. The van der Waals surface area contributed by atoms with Crippen molar-refractivity contribution in [3.05, 3.63) is 59.3 Å². The summed E-state index contributed by atoms with van der Waals surface area (Å²) in [6.07, 6.45) is 0. The Balaban J connectivity index is 2.23. The van der Waals surface area contributed by atoms with Crippen molar-refractivity contribution in [3.8, 4) is 0 Å². The number of benzene rings is 3. The van der Waals surface area contributed by atoms with Crippen molar-refractivity contribution in [2.24, 2.45) is 0 Å². The Morgan fingerprint density at radius 2 is 1.00 bits per heavy atom. The van der Waals surface area contributed by atoms with E-state index < -0.39 is 0 Å². The first-order valence-corrected chi connectivity index (χ1v) is 6.63. The summed E-state index contributed by atoms with van der Waals surface area (Å²) in [4.78, 5) is 0. The van der Waals surface area contributed by atoms with Gasteiger partial charge in [0.05, 0.1) is 0 Å². The Bertz CT molecular complexity index is 771. The number of fused-ring (bicyclic) bond motifs is 3. The van der Waals surface area contributed by atoms with Gasteiger partial charge in [-0.1, -0.05) is 24.3 Å². The minimum Gasteiger partial charge on any atom is -0.151 e. The monoisotopic (exact) mass is 234 g/mol. The summed E-state index contributed by atoms with van der Waals surface area (Å²) in [6, 6.07) is 17.7. The Kier molecular flexibility index (Phi) is 1.79. The lowest BCUT2D eigenvalue weighted by atomic mass is 10.0. The van der Waals surface area contributed by atoms with Crippen molar-refractivity contribution in [1.82, 2.24) is 0 Å². The second kappa shape index (κ2) is 3.31. The third-order valence-corrected chi connectivity index (χ3v) is 4.08. The highest BCUT2D eigenvalue weighted by Gasteiger charge is 2.00. The molecule has 0 bridgehead atoms. The SMILES string of the molecule is c1ccc2cc3cc4cscc4cc3cc2c1. The van der Waals surface area contributed by atoms with Crippen LogP contribution in [0.4, 0.5) is 0 Å². The third kappa shape index (κ3) is 1.36. The predicted octanol–water partition coefficient (Wildman–Crippen LogP) is 5.21. The molecule has 0 saturated heterocycles. The molecule has 1 heteroatoms. The second-order valence-corrected chi connectivity index (χ2v) is 5.14. The van der Waals surface area contributed by atoms with E-state index in [0.29, 0.717) is 0 Å². The minimum absolute atomic E-state index is 1.31. The van der Waals surface area contributed by atoms with Crippen molar-refractivity contribution in [1.29, 1.82) is 0 Å². The molecule has 17 heavy (non-hydrogen) atoms. The van der Waals surface area contributed by atoms with Crippen LogP contribution in [0.25, 0.3) is 32.3 Å². The maximum Gasteiger partial charge on any atom is -0.00143 e. The van der Waals surface area contributed by atoms with Gasteiger partial charge in [0.2, 0.25) is 0 Å². The molecule has 0 nitrogen and oxygen atoms in total. The highest BCUT2D eigenvalue weighted by atomic mass is 32.1. The van der Waals surface area contributed by atoms with E-state index in [0.717, 1.165) is 0 Å². The fraction of sp³-hybridized carbons (Fsp3) is 0. The Hall–Kier alpha value is -1.86. The van der Waals surface area contributed by atoms with E-state index in [-0.39, 0.29) is 0 Å². The van der Waals surface area contributed by atoms with E-state index in [1.807, 2.05) is 0 Å². The molecule has 0 spiro atoms. The molecule has 0 atom stereocenters. The molecule has 0 amide bonds. The van der Waals surface area contributed by atoms with Crippen LogP contribution >= 0.6 is 11.3 Å². The molecule has 0 aliphatic rings. The average Bonchev–Trinajstić information content (AvgIpc) is 2.80. The molecule has 0 aliphatic carbocycles. The summed E-state index contributed by atoms with van der Waals surface area (Å²) in [6.45, 7) is 0. The van der Waals surface area contributed by atoms with E-state index in [1.165, 1.54) is 32.3 Å². The van der Waals surface area contributed by atoms with Crippen LogP contribution in [-0.4, -0.2) is 0 Å². The first-order chi connectivity index (χ1) is 8.40. The van der Waals surface area contributed by atoms with Gasteiger partial charge in [-0.3, -0.25) is 0 Å². The minimum atomic E-state index is 1.31. The van der Waals surface area contributed by atoms with Crippen LogP contribution in [0.2, 0.25) is 0 Å². The first-order valence-electron chi connectivity index (χ1n) is 5.69. The predicted molar refractivity (Wildman–Crippen MR) is 76.8 cm³/mol. The lowest BCUT2D eigenvalue weighted by molar-refractivity contribution is 1.80. The third-order valence-electron chi connectivity index (χ3n) is 3.30. The molecule has 4 rings (SSSR count). The van der Waals surface area contributed by atoms with E-state index in [4.69, 9.17) is 0 Å². The lowest BCUT2D eigenvalue weighted by Gasteiger charge is -2.02. The van der Waals surface area contributed by atoms with Gasteiger partial charge in [-0.2, -0.15) is 11.3 Å². The summed E-state index contributed by atoms with van der Waals surface area (Å²) in [7, 11) is 0. The van der Waals surface area contributed by atoms with Crippen LogP contribution in [-0.2, 0) is 0 Å². The van der Waals surface area contributed by atoms with Crippen LogP contribution in [0, 0.1) is 0 Å². The highest BCUT2D eigenvalue weighted by Crippen LogP contribution is 2.28. The largest absolute Gasteiger partial charge is 0.151 e. The van der Waals surface area contributed by atoms with Gasteiger partial charge in [0, 0.05) is 0 Å². The van der Waals surface area contributed by atoms with Gasteiger partial charge in [-0.05, 0) is 67.3 Å². The van der Waals surface area contributed by atoms with Crippen molar-refractivity contribution < 1.29 is 0 Å². The van der Waals surface area contributed by atoms with Crippen molar-refractivity contribution >= 4 is 43.7 Å². The normalized spacial score (nSPS) is 11.5. The van der Waals surface area contributed by atoms with E-state index in [1.54, 1.807) is 11.3 Å². The molecular weight excluding hydrogens is 224 g/mol. The van der Waals surface area contributed by atoms with Gasteiger partial charge in [0.1, 0.15) is 0 Å². The van der Waals surface area contributed by atoms with Crippen molar-refractivity contribution in [2.75, 3.05) is 0 Å². The van der Waals surface area contributed by atoms with Crippen LogP contribution in [0.5, 0.6) is 0 Å². The zero-order valence-electron chi connectivity index (χ0n) is 9.18. The first kappa shape index (κ1) is 9.20. The molecular formula is C16H10S. The van der Waals surface area contributed by atoms with Crippen LogP contribution in [0.15, 0.2) is 59.3 Å². The van der Waals surface area contributed by atoms with Gasteiger partial charge in [0.25, 0.3) is 0 Å². The molecule has 0 saturated carbocycles. The van der Waals surface area contributed by atoms with Crippen molar-refractivity contribution in [2.45, 2.75) is 0 Å². The quantitative estimate of drug-likeness (QED) is 0.366. The molecule has 80 valence electrons. The van der Waals surface area contributed by atoms with Crippen LogP contribution in [0.3, 0.4) is 0 Å². The summed E-state index contributed by atoms with van der Waals surface area (Å²) in [5, 5.41) is 12.4. The average molecular weight is 234 g/mol. The van der Waals surface area contributed by atoms with Gasteiger partial charge in [-0.15, -0.1) is 0 Å². The summed E-state index contributed by atoms with van der Waals surface area (Å²) < 4.78 is 0. The van der Waals surface area contributed by atoms with Crippen LogP contribution < -0.4 is 0 Å². The number of hydrogen-bond acceptors (Lipinski definition) is 1. The zero-order chi connectivity index (χ0) is 11.2. The fourth-order valence-electron chi connectivity index (χ4n) is 2.41. The topological polar surface area (TPSA) is 0 Å². The van der Waals surface area contributed by atoms with E-state index in [9.17, 15) is 0 Å². The Labute approximate surface area is 103 Å². The lowest BCUT2D eigenvalue weighted by Crippen LogP contribution is -1.76. The standard InChI is InChI=1S/C16H10S/c1-2-4-12-6-14-8-16-10-17-9-15(16)7-13(14)5-11(12)3-1/h1-10H. The summed E-state index contributed by atoms with van der Waals surface area (Å²) in [5.74, 6) is 0. The van der Waals surface area contributed by atoms with Gasteiger partial charge < -0.3 is 0 Å². The summed E-state index contributed by atoms with van der Waals surface area (Å²) in [5.41, 5.74) is 0. The number of thiophene rings is 1. The zero-order valence-corrected chi connectivity index (χ0v) is 10.00.